The molecule has 0 atom stereocenters. The minimum atomic E-state index is -0.266. The summed E-state index contributed by atoms with van der Waals surface area (Å²) in [6, 6.07) is 6.41. The summed E-state index contributed by atoms with van der Waals surface area (Å²) in [5.41, 5.74) is 0. The van der Waals surface area contributed by atoms with Crippen LogP contribution in [-0.4, -0.2) is 17.8 Å². The van der Waals surface area contributed by atoms with Gasteiger partial charge < -0.3 is 5.32 Å². The highest BCUT2D eigenvalue weighted by atomic mass is 79.9. The van der Waals surface area contributed by atoms with Crippen LogP contribution in [0, 0.1) is 5.82 Å². The van der Waals surface area contributed by atoms with E-state index in [9.17, 15) is 9.18 Å². The molecule has 2 nitrogen and oxygen atoms in total. The number of rotatable bonds is 7. The largest absolute Gasteiger partial charge is 0.351 e. The Morgan fingerprint density at radius 3 is 2.80 bits per heavy atom. The number of halogens is 2. The summed E-state index contributed by atoms with van der Waals surface area (Å²) in [7, 11) is 0. The predicted molar refractivity (Wildman–Crippen MR) is 86.4 cm³/mol. The fourth-order valence-electron chi connectivity index (χ4n) is 1.98. The minimum Gasteiger partial charge on any atom is -0.351 e. The molecule has 20 heavy (non-hydrogen) atoms. The number of unbranched alkanes of at least 4 members (excludes halogenated alkanes) is 3. The monoisotopic (exact) mass is 357 g/mol. The molecule has 1 aromatic heterocycles. The zero-order valence-electron chi connectivity index (χ0n) is 11.1. The Hall–Kier alpha value is -0.940. The number of carbonyl (C=O) groups is 1. The van der Waals surface area contributed by atoms with Crippen LogP contribution in [0.4, 0.5) is 4.39 Å². The van der Waals surface area contributed by atoms with Crippen LogP contribution in [0.25, 0.3) is 10.1 Å². The average Bonchev–Trinajstić information content (AvgIpc) is 2.85. The fraction of sp³-hybridized carbons (Fsp3) is 0.400. The van der Waals surface area contributed by atoms with Crippen molar-refractivity contribution in [2.75, 3.05) is 11.9 Å². The molecule has 0 fully saturated rings. The van der Waals surface area contributed by atoms with Gasteiger partial charge in [0, 0.05) is 16.6 Å². The van der Waals surface area contributed by atoms with Gasteiger partial charge in [0.15, 0.2) is 0 Å². The van der Waals surface area contributed by atoms with Crippen molar-refractivity contribution in [2.45, 2.75) is 25.7 Å². The highest BCUT2D eigenvalue weighted by molar-refractivity contribution is 9.09. The molecule has 2 rings (SSSR count). The second-order valence-electron chi connectivity index (χ2n) is 4.65. The summed E-state index contributed by atoms with van der Waals surface area (Å²) >= 11 is 4.73. The molecule has 0 saturated carbocycles. The quantitative estimate of drug-likeness (QED) is 0.563. The number of amides is 1. The standard InChI is InChI=1S/C15H17BrFNOS/c16-7-3-1-2-4-8-18-15(19)14-9-11-5-6-12(17)10-13(11)20-14/h5-6,9-10H,1-4,7-8H2,(H,18,19). The minimum absolute atomic E-state index is 0.0629. The molecule has 0 bridgehead atoms. The average molecular weight is 358 g/mol. The highest BCUT2D eigenvalue weighted by Gasteiger charge is 2.10. The maximum atomic E-state index is 13.1. The van der Waals surface area contributed by atoms with Gasteiger partial charge in [0.1, 0.15) is 5.82 Å². The van der Waals surface area contributed by atoms with Gasteiger partial charge in [-0.15, -0.1) is 11.3 Å². The third-order valence-corrected chi connectivity index (χ3v) is 4.71. The Kier molecular flexibility index (Phi) is 5.98. The predicted octanol–water partition coefficient (Wildman–Crippen LogP) is 4.73. The number of fused-ring (bicyclic) bond motifs is 1. The number of benzene rings is 1. The van der Waals surface area contributed by atoms with Gasteiger partial charge in [-0.25, -0.2) is 4.39 Å². The second-order valence-corrected chi connectivity index (χ2v) is 6.53. The van der Waals surface area contributed by atoms with Gasteiger partial charge >= 0.3 is 0 Å². The highest BCUT2D eigenvalue weighted by Crippen LogP contribution is 2.26. The first-order chi connectivity index (χ1) is 9.70. The molecule has 1 heterocycles. The van der Waals surface area contributed by atoms with E-state index in [1.165, 1.54) is 36.3 Å². The van der Waals surface area contributed by atoms with Crippen molar-refractivity contribution < 1.29 is 9.18 Å². The molecule has 0 aliphatic heterocycles. The normalized spacial score (nSPS) is 10.9. The topological polar surface area (TPSA) is 29.1 Å². The number of thiophene rings is 1. The van der Waals surface area contributed by atoms with Gasteiger partial charge in [-0.05, 0) is 36.4 Å². The molecule has 2 aromatic rings. The fourth-order valence-corrected chi connectivity index (χ4v) is 3.38. The number of hydrogen-bond donors (Lipinski definition) is 1. The number of carbonyl (C=O) groups excluding carboxylic acids is 1. The Morgan fingerprint density at radius 2 is 2.00 bits per heavy atom. The van der Waals surface area contributed by atoms with Gasteiger partial charge in [-0.1, -0.05) is 34.8 Å². The van der Waals surface area contributed by atoms with Gasteiger partial charge in [-0.3, -0.25) is 4.79 Å². The zero-order chi connectivity index (χ0) is 14.4. The summed E-state index contributed by atoms with van der Waals surface area (Å²) in [6.07, 6.45) is 4.49. The van der Waals surface area contributed by atoms with Crippen LogP contribution in [0.1, 0.15) is 35.4 Å². The maximum absolute atomic E-state index is 13.1. The van der Waals surface area contributed by atoms with Gasteiger partial charge in [-0.2, -0.15) is 0 Å². The molecule has 0 unspecified atom stereocenters. The lowest BCUT2D eigenvalue weighted by Crippen LogP contribution is -2.23. The van der Waals surface area contributed by atoms with Crippen LogP contribution in [0.2, 0.25) is 0 Å². The first-order valence-corrected chi connectivity index (χ1v) is 8.68. The lowest BCUT2D eigenvalue weighted by Gasteiger charge is -2.02. The first-order valence-electron chi connectivity index (χ1n) is 6.74. The van der Waals surface area contributed by atoms with E-state index in [1.807, 2.05) is 6.07 Å². The molecule has 0 spiro atoms. The van der Waals surface area contributed by atoms with E-state index >= 15 is 0 Å². The third kappa shape index (κ3) is 4.28. The van der Waals surface area contributed by atoms with E-state index in [-0.39, 0.29) is 11.7 Å². The maximum Gasteiger partial charge on any atom is 0.261 e. The van der Waals surface area contributed by atoms with E-state index in [4.69, 9.17) is 0 Å². The number of nitrogens with one attached hydrogen (secondary N) is 1. The van der Waals surface area contributed by atoms with E-state index in [0.717, 1.165) is 28.3 Å². The van der Waals surface area contributed by atoms with Crippen LogP contribution in [-0.2, 0) is 0 Å². The summed E-state index contributed by atoms with van der Waals surface area (Å²) < 4.78 is 13.9. The summed E-state index contributed by atoms with van der Waals surface area (Å²) in [6.45, 7) is 0.698. The van der Waals surface area contributed by atoms with Crippen LogP contribution < -0.4 is 5.32 Å². The Morgan fingerprint density at radius 1 is 1.20 bits per heavy atom. The van der Waals surface area contributed by atoms with Crippen molar-refractivity contribution in [3.8, 4) is 0 Å². The molecule has 5 heteroatoms. The van der Waals surface area contributed by atoms with Crippen molar-refractivity contribution in [3.63, 3.8) is 0 Å². The Labute approximate surface area is 130 Å². The third-order valence-electron chi connectivity index (χ3n) is 3.05. The van der Waals surface area contributed by atoms with Crippen LogP contribution in [0.3, 0.4) is 0 Å². The molecule has 0 aliphatic carbocycles. The van der Waals surface area contributed by atoms with Crippen molar-refractivity contribution >= 4 is 43.3 Å². The molecule has 1 amide bonds. The molecule has 0 aliphatic rings. The number of hydrogen-bond acceptors (Lipinski definition) is 2. The van der Waals surface area contributed by atoms with Crippen LogP contribution >= 0.6 is 27.3 Å². The molecule has 108 valence electrons. The molecular formula is C15H17BrFNOS. The molecule has 0 saturated heterocycles. The first kappa shape index (κ1) is 15.4. The van der Waals surface area contributed by atoms with Crippen LogP contribution in [0.5, 0.6) is 0 Å². The van der Waals surface area contributed by atoms with Crippen molar-refractivity contribution in [1.29, 1.82) is 0 Å². The van der Waals surface area contributed by atoms with Gasteiger partial charge in [0.05, 0.1) is 4.88 Å². The Bertz CT molecular complexity index is 584. The molecule has 1 aromatic carbocycles. The van der Waals surface area contributed by atoms with E-state index in [1.54, 1.807) is 6.07 Å². The van der Waals surface area contributed by atoms with E-state index in [2.05, 4.69) is 21.2 Å². The van der Waals surface area contributed by atoms with E-state index in [0.29, 0.717) is 11.4 Å². The van der Waals surface area contributed by atoms with Crippen LogP contribution in [0.15, 0.2) is 24.3 Å². The second kappa shape index (κ2) is 7.74. The summed E-state index contributed by atoms with van der Waals surface area (Å²) in [5, 5.41) is 4.87. The van der Waals surface area contributed by atoms with Gasteiger partial charge in [0.2, 0.25) is 0 Å². The SMILES string of the molecule is O=C(NCCCCCCBr)c1cc2ccc(F)cc2s1. The van der Waals surface area contributed by atoms with Crippen molar-refractivity contribution in [1.82, 2.24) is 5.32 Å². The Balaban J connectivity index is 1.85. The smallest absolute Gasteiger partial charge is 0.261 e. The molecular weight excluding hydrogens is 341 g/mol. The lowest BCUT2D eigenvalue weighted by atomic mass is 10.2. The van der Waals surface area contributed by atoms with Crippen molar-refractivity contribution in [3.05, 3.63) is 35.0 Å². The molecule has 1 N–H and O–H groups in total. The number of alkyl halides is 1. The lowest BCUT2D eigenvalue weighted by molar-refractivity contribution is 0.0957. The van der Waals surface area contributed by atoms with Crippen molar-refractivity contribution in [2.24, 2.45) is 0 Å². The summed E-state index contributed by atoms with van der Waals surface area (Å²) in [4.78, 5) is 12.6. The zero-order valence-corrected chi connectivity index (χ0v) is 13.5. The van der Waals surface area contributed by atoms with Gasteiger partial charge in [0.25, 0.3) is 5.91 Å². The molecule has 0 radical (unpaired) electrons. The summed E-state index contributed by atoms with van der Waals surface area (Å²) in [5.74, 6) is -0.329. The van der Waals surface area contributed by atoms with E-state index < -0.39 is 0 Å².